The molecule has 3 aromatic carbocycles. The van der Waals surface area contributed by atoms with Gasteiger partial charge in [0.05, 0.1) is 29.4 Å². The maximum absolute atomic E-state index is 8.39. The van der Waals surface area contributed by atoms with Crippen molar-refractivity contribution >= 4 is 34.1 Å². The number of aliphatic imine (C=N–C) groups is 3. The summed E-state index contributed by atoms with van der Waals surface area (Å²) in [6, 6.07) is 25.0. The summed E-state index contributed by atoms with van der Waals surface area (Å²) >= 11 is 0. The zero-order valence-electron chi connectivity index (χ0n) is 23.5. The molecular formula is C38H30N4. The van der Waals surface area contributed by atoms with Crippen LogP contribution in [0.5, 0.6) is 0 Å². The third-order valence-electron chi connectivity index (χ3n) is 9.00. The average molecular weight is 543 g/mol. The highest BCUT2D eigenvalue weighted by Gasteiger charge is 2.31. The molecule has 0 radical (unpaired) electrons. The molecule has 2 atom stereocenters. The predicted octanol–water partition coefficient (Wildman–Crippen LogP) is 8.01. The third-order valence-corrected chi connectivity index (χ3v) is 9.00. The van der Waals surface area contributed by atoms with Crippen molar-refractivity contribution in [1.29, 1.82) is 5.41 Å². The lowest BCUT2D eigenvalue weighted by atomic mass is 9.90. The first-order valence-electron chi connectivity index (χ1n) is 14.7. The van der Waals surface area contributed by atoms with Crippen molar-refractivity contribution in [3.63, 3.8) is 0 Å². The summed E-state index contributed by atoms with van der Waals surface area (Å²) in [5, 5.41) is 8.39. The molecule has 0 heterocycles. The fraction of sp³-hybridized carbons (Fsp3) is 0.158. The van der Waals surface area contributed by atoms with Gasteiger partial charge in [0.1, 0.15) is 0 Å². The Labute approximate surface area is 246 Å². The number of rotatable bonds is 4. The lowest BCUT2D eigenvalue weighted by molar-refractivity contribution is 0.523. The summed E-state index contributed by atoms with van der Waals surface area (Å²) in [5.41, 5.74) is 14.9. The van der Waals surface area contributed by atoms with Crippen molar-refractivity contribution in [2.75, 3.05) is 6.54 Å². The third kappa shape index (κ3) is 4.06. The number of benzene rings is 3. The van der Waals surface area contributed by atoms with Gasteiger partial charge in [-0.25, -0.2) is 0 Å². The summed E-state index contributed by atoms with van der Waals surface area (Å²) < 4.78 is 0. The molecule has 202 valence electrons. The van der Waals surface area contributed by atoms with E-state index in [-0.39, 0.29) is 0 Å². The first kappa shape index (κ1) is 24.8. The summed E-state index contributed by atoms with van der Waals surface area (Å²) in [4.78, 5) is 15.5. The maximum atomic E-state index is 8.39. The van der Waals surface area contributed by atoms with Crippen LogP contribution in [-0.4, -0.2) is 29.4 Å². The van der Waals surface area contributed by atoms with Crippen molar-refractivity contribution in [2.24, 2.45) is 26.8 Å². The summed E-state index contributed by atoms with van der Waals surface area (Å²) in [5.74, 6) is 1.04. The van der Waals surface area contributed by atoms with Gasteiger partial charge >= 0.3 is 0 Å². The van der Waals surface area contributed by atoms with Gasteiger partial charge in [-0.1, -0.05) is 104 Å². The first-order valence-corrected chi connectivity index (χ1v) is 14.7. The zero-order chi connectivity index (χ0) is 28.2. The van der Waals surface area contributed by atoms with Crippen molar-refractivity contribution in [2.45, 2.75) is 19.8 Å². The minimum Gasteiger partial charge on any atom is -0.300 e. The van der Waals surface area contributed by atoms with Crippen LogP contribution >= 0.6 is 0 Å². The van der Waals surface area contributed by atoms with Crippen LogP contribution in [0, 0.1) is 17.2 Å². The predicted molar refractivity (Wildman–Crippen MR) is 174 cm³/mol. The molecule has 8 rings (SSSR count). The highest BCUT2D eigenvalue weighted by atomic mass is 14.8. The second kappa shape index (κ2) is 9.85. The lowest BCUT2D eigenvalue weighted by Gasteiger charge is -2.14. The molecule has 42 heavy (non-hydrogen) atoms. The van der Waals surface area contributed by atoms with E-state index in [0.717, 1.165) is 51.5 Å². The Bertz CT molecular complexity index is 1940. The van der Waals surface area contributed by atoms with Crippen molar-refractivity contribution in [3.8, 4) is 0 Å². The standard InChI is InChI=1S/C38H30N4/c1-23-18-35(28-13-5-2-10-25(23)28)41-36-19-24(26-11-3-6-14-29(26)36)22-40-34-21-38(32-17-9-8-16-31(32)34)42-37-20-33(39)27-12-4-7-15-30(27)37/h2-17,19-20,23,25,39H,18,21-22H2,1H3. The topological polar surface area (TPSA) is 60.9 Å². The minimum absolute atomic E-state index is 0.471. The van der Waals surface area contributed by atoms with Crippen LogP contribution in [0.2, 0.25) is 0 Å². The van der Waals surface area contributed by atoms with Gasteiger partial charge in [-0.15, -0.1) is 0 Å². The Kier molecular flexibility index (Phi) is 5.81. The summed E-state index contributed by atoms with van der Waals surface area (Å²) in [7, 11) is 0. The molecule has 3 aromatic rings. The Morgan fingerprint density at radius 1 is 0.738 bits per heavy atom. The number of fused-ring (bicyclic) bond motifs is 4. The van der Waals surface area contributed by atoms with Crippen LogP contribution < -0.4 is 0 Å². The number of hydrogen-bond donors (Lipinski definition) is 1. The fourth-order valence-corrected chi connectivity index (χ4v) is 6.91. The molecule has 0 fully saturated rings. The molecule has 5 aliphatic carbocycles. The lowest BCUT2D eigenvalue weighted by Crippen LogP contribution is -2.05. The van der Waals surface area contributed by atoms with Crippen molar-refractivity contribution in [3.05, 3.63) is 154 Å². The minimum atomic E-state index is 0.471. The Morgan fingerprint density at radius 2 is 1.43 bits per heavy atom. The fourth-order valence-electron chi connectivity index (χ4n) is 6.91. The molecule has 0 saturated heterocycles. The van der Waals surface area contributed by atoms with E-state index in [1.54, 1.807) is 0 Å². The molecule has 4 heteroatoms. The Morgan fingerprint density at radius 3 is 2.24 bits per heavy atom. The molecular weight excluding hydrogens is 512 g/mol. The number of hydrogen-bond acceptors (Lipinski definition) is 4. The molecule has 5 aliphatic rings. The van der Waals surface area contributed by atoms with E-state index in [1.165, 1.54) is 28.0 Å². The number of nitrogens with zero attached hydrogens (tertiary/aromatic N) is 3. The second-order valence-corrected chi connectivity index (χ2v) is 11.6. The molecule has 0 bridgehead atoms. The zero-order valence-corrected chi connectivity index (χ0v) is 23.5. The maximum Gasteiger partial charge on any atom is 0.0733 e. The molecule has 2 unspecified atom stereocenters. The van der Waals surface area contributed by atoms with Gasteiger partial charge in [0, 0.05) is 51.6 Å². The summed E-state index contributed by atoms with van der Waals surface area (Å²) in [6.07, 6.45) is 14.6. The highest BCUT2D eigenvalue weighted by molar-refractivity contribution is 6.30. The van der Waals surface area contributed by atoms with Gasteiger partial charge in [-0.2, -0.15) is 0 Å². The van der Waals surface area contributed by atoms with Gasteiger partial charge in [0.15, 0.2) is 0 Å². The highest BCUT2D eigenvalue weighted by Crippen LogP contribution is 2.42. The van der Waals surface area contributed by atoms with Gasteiger partial charge in [0.25, 0.3) is 0 Å². The van der Waals surface area contributed by atoms with Crippen molar-refractivity contribution in [1.82, 2.24) is 0 Å². The van der Waals surface area contributed by atoms with Gasteiger partial charge < -0.3 is 5.41 Å². The number of allylic oxidation sites excluding steroid dienone is 8. The molecule has 0 saturated carbocycles. The molecule has 1 N–H and O–H groups in total. The molecule has 0 spiro atoms. The second-order valence-electron chi connectivity index (χ2n) is 11.6. The molecule has 4 nitrogen and oxygen atoms in total. The Balaban J connectivity index is 1.12. The van der Waals surface area contributed by atoms with Gasteiger partial charge in [-0.3, -0.25) is 15.0 Å². The molecule has 0 aromatic heterocycles. The van der Waals surface area contributed by atoms with Gasteiger partial charge in [-0.05, 0) is 41.2 Å². The van der Waals surface area contributed by atoms with Crippen LogP contribution in [0.15, 0.2) is 135 Å². The molecule has 0 aliphatic heterocycles. The van der Waals surface area contributed by atoms with Crippen LogP contribution in [0.25, 0.3) is 11.3 Å². The first-order chi connectivity index (χ1) is 20.6. The van der Waals surface area contributed by atoms with Crippen LogP contribution in [0.3, 0.4) is 0 Å². The summed E-state index contributed by atoms with van der Waals surface area (Å²) in [6.45, 7) is 2.92. The van der Waals surface area contributed by atoms with Crippen molar-refractivity contribution < 1.29 is 0 Å². The normalized spacial score (nSPS) is 24.4. The van der Waals surface area contributed by atoms with E-state index in [1.807, 2.05) is 24.3 Å². The van der Waals surface area contributed by atoms with E-state index in [4.69, 9.17) is 20.4 Å². The quantitative estimate of drug-likeness (QED) is 0.347. The van der Waals surface area contributed by atoms with Crippen LogP contribution in [0.4, 0.5) is 0 Å². The Hall–Kier alpha value is -4.96. The average Bonchev–Trinajstić information content (AvgIpc) is 3.75. The van der Waals surface area contributed by atoms with E-state index < -0.39 is 0 Å². The van der Waals surface area contributed by atoms with E-state index in [2.05, 4.69) is 91.9 Å². The number of nitrogens with one attached hydrogen (secondary N) is 1. The van der Waals surface area contributed by atoms with Crippen LogP contribution in [0.1, 0.15) is 53.1 Å². The smallest absolute Gasteiger partial charge is 0.0733 e. The molecule has 0 amide bonds. The SMILES string of the molecule is CC1CC(N=C2C=C(CN=C3CC(=NC4=CC(=N)c5ccccc54)c4ccccc43)c3ccccc32)=C2C=CC=CC21. The van der Waals surface area contributed by atoms with E-state index in [0.29, 0.717) is 30.5 Å². The van der Waals surface area contributed by atoms with E-state index in [9.17, 15) is 0 Å². The van der Waals surface area contributed by atoms with E-state index >= 15 is 0 Å². The van der Waals surface area contributed by atoms with Gasteiger partial charge in [0.2, 0.25) is 0 Å². The van der Waals surface area contributed by atoms with Crippen LogP contribution in [-0.2, 0) is 0 Å². The largest absolute Gasteiger partial charge is 0.300 e. The monoisotopic (exact) mass is 542 g/mol.